The maximum Gasteiger partial charge on any atom is 0.311 e. The first kappa shape index (κ1) is 94.6. The molecule has 7 unspecified atom stereocenters. The molecule has 0 saturated carbocycles. The average molecular weight is 1490 g/mol. The molecule has 7 atom stereocenters. The second kappa shape index (κ2) is 47.8. The third-order valence-corrected chi connectivity index (χ3v) is 47.7. The molecule has 95 heavy (non-hydrogen) atoms. The fourth-order valence-corrected chi connectivity index (χ4v) is 46.6. The van der Waals surface area contributed by atoms with Crippen molar-refractivity contribution in [1.82, 2.24) is 0 Å². The molecule has 0 aliphatic heterocycles. The normalized spacial score (nSPS) is 17.5. The van der Waals surface area contributed by atoms with Crippen LogP contribution in [0.5, 0.6) is 0 Å². The maximum absolute atomic E-state index is 18.7. The van der Waals surface area contributed by atoms with Crippen LogP contribution in [-0.2, 0) is 68.9 Å². The Balaban J connectivity index is 12.5. The first-order valence-electron chi connectivity index (χ1n) is 39.3. The number of hydrogen-bond acceptors (Lipinski definition) is 15. The van der Waals surface area contributed by atoms with Crippen LogP contribution in [0.3, 0.4) is 0 Å². The number of sulfone groups is 7. The number of hydrogen-bond donors (Lipinski definition) is 1. The monoisotopic (exact) mass is 1490 g/mol. The lowest BCUT2D eigenvalue weighted by Crippen LogP contribution is -2.88. The van der Waals surface area contributed by atoms with Gasteiger partial charge in [0.05, 0.1) is 36.7 Å². The van der Waals surface area contributed by atoms with E-state index in [4.69, 9.17) is 0 Å². The van der Waals surface area contributed by atoms with Crippen molar-refractivity contribution < 1.29 is 64.0 Å². The Kier molecular flexibility index (Phi) is 47.6. The van der Waals surface area contributed by atoms with Gasteiger partial charge in [-0.15, -0.1) is 0 Å². The maximum atomic E-state index is 18.7. The Morgan fingerprint density at radius 3 is 0.484 bits per heavy atom. The van der Waals surface area contributed by atoms with Gasteiger partial charge in [0.15, 0.2) is 49.2 Å². The number of aliphatic hydroxyl groups is 1. The lowest BCUT2D eigenvalue weighted by atomic mass is 10.1. The summed E-state index contributed by atoms with van der Waals surface area (Å²) in [5.74, 6) is 0. The van der Waals surface area contributed by atoms with Crippen LogP contribution in [0, 0.1) is 0 Å². The zero-order chi connectivity index (χ0) is 72.7. The topological polar surface area (TPSA) is 259 Å². The Labute approximate surface area is 588 Å². The van der Waals surface area contributed by atoms with Crippen LogP contribution in [0.25, 0.3) is 0 Å². The van der Waals surface area contributed by atoms with Crippen molar-refractivity contribution in [2.75, 3.05) is 0 Å². The van der Waals surface area contributed by atoms with Crippen LogP contribution in [0.4, 0.5) is 0 Å². The number of rotatable bonds is 65. The zero-order valence-electron chi connectivity index (χ0n) is 63.2. The predicted molar refractivity (Wildman–Crippen MR) is 405 cm³/mol. The smallest absolute Gasteiger partial charge is 0.311 e. The van der Waals surface area contributed by atoms with E-state index in [0.717, 1.165) is 57.8 Å². The van der Waals surface area contributed by atoms with Gasteiger partial charge in [-0.05, 0) is 89.9 Å². The van der Waals surface area contributed by atoms with E-state index in [1.165, 1.54) is 48.5 Å². The molecule has 0 bridgehead atoms. The lowest BCUT2D eigenvalue weighted by molar-refractivity contribution is 0.173. The second-order valence-corrected chi connectivity index (χ2v) is 46.0. The summed E-state index contributed by atoms with van der Waals surface area (Å²) < 4.78 is 240. The highest BCUT2D eigenvalue weighted by Crippen LogP contribution is 2.65. The van der Waals surface area contributed by atoms with E-state index in [-0.39, 0.29) is 44.9 Å². The van der Waals surface area contributed by atoms with Gasteiger partial charge < -0.3 is 5.11 Å². The van der Waals surface area contributed by atoms with Crippen molar-refractivity contribution in [3.05, 3.63) is 0 Å². The molecule has 0 amide bonds. The largest absolute Gasteiger partial charge is 0.361 e. The third kappa shape index (κ3) is 22.8. The summed E-state index contributed by atoms with van der Waals surface area (Å²) in [6, 6.07) is 0. The molecular formula is C73H148O15S7. The summed E-state index contributed by atoms with van der Waals surface area (Å²) in [5, 5.41) is 0.188. The summed E-state index contributed by atoms with van der Waals surface area (Å²) >= 11 is 0. The Morgan fingerprint density at radius 2 is 0.337 bits per heavy atom. The highest BCUT2D eigenvalue weighted by atomic mass is 32.3. The van der Waals surface area contributed by atoms with Crippen molar-refractivity contribution in [3.8, 4) is 0 Å². The van der Waals surface area contributed by atoms with E-state index in [2.05, 4.69) is 0 Å². The van der Waals surface area contributed by atoms with E-state index in [0.29, 0.717) is 122 Å². The Morgan fingerprint density at radius 1 is 0.200 bits per heavy atom. The minimum Gasteiger partial charge on any atom is -0.361 e. The zero-order valence-corrected chi connectivity index (χ0v) is 68.9. The molecule has 0 aromatic carbocycles. The van der Waals surface area contributed by atoms with Gasteiger partial charge in [0, 0.05) is 0 Å². The van der Waals surface area contributed by atoms with Crippen LogP contribution in [0.2, 0.25) is 0 Å². The molecule has 0 aliphatic rings. The van der Waals surface area contributed by atoms with Crippen molar-refractivity contribution >= 4 is 68.9 Å². The molecule has 1 N–H and O–H groups in total. The number of unbranched alkanes of at least 4 members (excludes halogenated alkanes) is 28. The van der Waals surface area contributed by atoms with Crippen LogP contribution in [0.15, 0.2) is 0 Å². The van der Waals surface area contributed by atoms with Gasteiger partial charge in [-0.3, -0.25) is 0 Å². The van der Waals surface area contributed by atoms with E-state index in [1.54, 1.807) is 0 Å². The van der Waals surface area contributed by atoms with E-state index in [1.807, 2.05) is 48.5 Å². The molecule has 0 fully saturated rings. The minimum atomic E-state index is -6.96. The molecule has 0 aliphatic carbocycles. The third-order valence-electron chi connectivity index (χ3n) is 21.2. The fraction of sp³-hybridized carbons (Fsp3) is 1.00. The highest BCUT2D eigenvalue weighted by Gasteiger charge is 2.97. The van der Waals surface area contributed by atoms with Gasteiger partial charge >= 0.3 is 7.68 Å². The second-order valence-electron chi connectivity index (χ2n) is 28.2. The molecular weight excluding hydrogens is 1340 g/mol. The molecule has 0 radical (unpaired) electrons. The fourth-order valence-electron chi connectivity index (χ4n) is 15.1. The molecule has 0 spiro atoms. The average Bonchev–Trinajstić information content (AvgIpc) is 0.623. The predicted octanol–water partition coefficient (Wildman–Crippen LogP) is 19.9. The highest BCUT2D eigenvalue weighted by molar-refractivity contribution is 8.30. The molecule has 0 rings (SSSR count). The Hall–Kier alpha value is -0.390. The van der Waals surface area contributed by atoms with Crippen LogP contribution in [0.1, 0.15) is 412 Å². The molecule has 0 aromatic rings. The van der Waals surface area contributed by atoms with Crippen LogP contribution in [-0.4, -0.2) is 113 Å². The van der Waals surface area contributed by atoms with Gasteiger partial charge in [-0.2, -0.15) is 0 Å². The van der Waals surface area contributed by atoms with Crippen molar-refractivity contribution in [1.29, 1.82) is 0 Å². The summed E-state index contributed by atoms with van der Waals surface area (Å²) in [7, 11) is -47.6. The standard InChI is InChI=1S/C73H148O15S7/c1-15-29-36-43-50-57-64(22-8)89(75,76)71(90(77,78)65(23-9)58-51-44-37-30-16-2,72(74,91(79,80)66(24-10)59-52-45-38-31-17-3)92(81,82)67(25-11)60-53-46-39-32-18-4)73(93(83,84)68(26-12)61-54-47-40-33-19-5,94(85,86)69(27-13)62-55-48-41-34-20-6)95(87,88)70(28-14)63-56-49-42-35-21-7/h64-70,74H,15-63H2,1-14H3. The van der Waals surface area contributed by atoms with Crippen molar-refractivity contribution in [3.63, 3.8) is 0 Å². The summed E-state index contributed by atoms with van der Waals surface area (Å²) in [5.41, 5.74) is 0. The molecule has 0 heterocycles. The van der Waals surface area contributed by atoms with Gasteiger partial charge in [0.25, 0.3) is 4.08 Å². The van der Waals surface area contributed by atoms with Crippen LogP contribution < -0.4 is 0 Å². The molecule has 572 valence electrons. The minimum absolute atomic E-state index is 0.0150. The molecule has 0 saturated heterocycles. The summed E-state index contributed by atoms with van der Waals surface area (Å²) in [4.78, 5) is 0. The summed E-state index contributed by atoms with van der Waals surface area (Å²) in [6.45, 7) is 23.4. The first-order chi connectivity index (χ1) is 44.9. The van der Waals surface area contributed by atoms with E-state index >= 15 is 64.0 Å². The lowest BCUT2D eigenvalue weighted by Gasteiger charge is -2.56. The SMILES string of the molecule is CCCCCCCC(CC)S(=O)(=O)C(O)(C(C(S(=O)(=O)C(CC)CCCCCCC)(S(=O)(=O)C(CC)CCCCCCC)S(=O)(=O)C(CC)CCCCCCC)(S(=O)(=O)C(CC)CCCCCCC)S(=O)(=O)C(CC)CCCCCCC)S(=O)(=O)C(CC)CCCCCCC. The van der Waals surface area contributed by atoms with E-state index < -0.39 is 207 Å². The van der Waals surface area contributed by atoms with Crippen LogP contribution >= 0.6 is 0 Å². The molecule has 22 heteroatoms. The van der Waals surface area contributed by atoms with Gasteiger partial charge in [-0.25, -0.2) is 58.9 Å². The molecule has 0 aromatic heterocycles. The van der Waals surface area contributed by atoms with Crippen molar-refractivity contribution in [2.45, 2.75) is 460 Å². The van der Waals surface area contributed by atoms with Gasteiger partial charge in [-0.1, -0.05) is 322 Å². The van der Waals surface area contributed by atoms with Gasteiger partial charge in [0.1, 0.15) is 0 Å². The van der Waals surface area contributed by atoms with Crippen molar-refractivity contribution in [2.24, 2.45) is 0 Å². The van der Waals surface area contributed by atoms with E-state index in [9.17, 15) is 0 Å². The Bertz CT molecular complexity index is 2610. The van der Waals surface area contributed by atoms with Gasteiger partial charge in [0.2, 0.25) is 19.7 Å². The first-order valence-corrected chi connectivity index (χ1v) is 50.1. The summed E-state index contributed by atoms with van der Waals surface area (Å²) in [6.07, 6.45) is 9.02. The quantitative estimate of drug-likeness (QED) is 0.0555. The molecule has 15 nitrogen and oxygen atoms in total.